The Bertz CT molecular complexity index is 1510. The average Bonchev–Trinajstić information content (AvgIpc) is 3.21. The lowest BCUT2D eigenvalue weighted by Gasteiger charge is -2.15. The predicted octanol–water partition coefficient (Wildman–Crippen LogP) is 4.71. The molecule has 2 amide bonds. The highest BCUT2D eigenvalue weighted by Gasteiger charge is 2.40. The number of nitrogens with zero attached hydrogens (tertiary/aromatic N) is 4. The number of amides is 2. The molecule has 4 aromatic rings. The van der Waals surface area contributed by atoms with Crippen molar-refractivity contribution in [1.82, 2.24) is 14.8 Å². The summed E-state index contributed by atoms with van der Waals surface area (Å²) >= 11 is 0. The summed E-state index contributed by atoms with van der Waals surface area (Å²) in [5, 5.41) is 4.36. The van der Waals surface area contributed by atoms with Crippen LogP contribution < -0.4 is 9.64 Å². The van der Waals surface area contributed by atoms with E-state index in [0.717, 1.165) is 35.1 Å². The lowest BCUT2D eigenvalue weighted by atomic mass is 10.1. The fourth-order valence-corrected chi connectivity index (χ4v) is 3.84. The first-order valence-corrected chi connectivity index (χ1v) is 9.63. The van der Waals surface area contributed by atoms with Crippen molar-refractivity contribution in [3.05, 3.63) is 77.1 Å². The normalized spacial score (nSPS) is 13.6. The minimum atomic E-state index is -4.96. The molecule has 0 radical (unpaired) electrons. The molecule has 172 valence electrons. The number of hydrogen-bond donors (Lipinski definition) is 0. The van der Waals surface area contributed by atoms with E-state index in [1.807, 2.05) is 0 Å². The molecule has 5 rings (SSSR count). The van der Waals surface area contributed by atoms with Crippen LogP contribution in [0.1, 0.15) is 26.4 Å². The largest absolute Gasteiger partial charge is 0.573 e. The Morgan fingerprint density at radius 1 is 1.00 bits per heavy atom. The van der Waals surface area contributed by atoms with E-state index in [0.29, 0.717) is 11.0 Å². The molecular weight excluding hydrogens is 463 g/mol. The highest BCUT2D eigenvalue weighted by molar-refractivity contribution is 6.37. The number of halogens is 5. The fourth-order valence-electron chi connectivity index (χ4n) is 3.84. The Balaban J connectivity index is 1.63. The fraction of sp³-hybridized carbons (Fsp3) is 0.0909. The van der Waals surface area contributed by atoms with Gasteiger partial charge in [-0.2, -0.15) is 5.10 Å². The molecule has 0 bridgehead atoms. The van der Waals surface area contributed by atoms with Gasteiger partial charge < -0.3 is 4.74 Å². The molecule has 12 heteroatoms. The molecule has 2 aromatic heterocycles. The molecular formula is C22H11F5N4O3. The highest BCUT2D eigenvalue weighted by Crippen LogP contribution is 2.36. The summed E-state index contributed by atoms with van der Waals surface area (Å²) in [5.74, 6) is -3.95. The second kappa shape index (κ2) is 7.33. The molecule has 0 N–H and O–H groups in total. The summed E-state index contributed by atoms with van der Waals surface area (Å²) in [5.41, 5.74) is -0.169. The number of rotatable bonds is 3. The van der Waals surface area contributed by atoms with Crippen LogP contribution >= 0.6 is 0 Å². The van der Waals surface area contributed by atoms with Crippen molar-refractivity contribution in [2.75, 3.05) is 4.90 Å². The molecule has 2 aromatic carbocycles. The Hall–Kier alpha value is -4.35. The first-order valence-electron chi connectivity index (χ1n) is 9.63. The number of alkyl halides is 3. The molecule has 34 heavy (non-hydrogen) atoms. The number of imide groups is 1. The molecule has 0 spiro atoms. The third kappa shape index (κ3) is 3.34. The minimum absolute atomic E-state index is 0.0407. The van der Waals surface area contributed by atoms with Gasteiger partial charge in [-0.25, -0.2) is 23.3 Å². The predicted molar refractivity (Wildman–Crippen MR) is 108 cm³/mol. The van der Waals surface area contributed by atoms with Crippen molar-refractivity contribution in [2.24, 2.45) is 0 Å². The summed E-state index contributed by atoms with van der Waals surface area (Å²) < 4.78 is 70.5. The van der Waals surface area contributed by atoms with Crippen molar-refractivity contribution >= 4 is 28.5 Å². The SMILES string of the molecule is Cc1nn(-c2ccc(F)cc2F)c2ncc3c(c12)C(=O)N(c1cccc(OC(F)(F)F)c1)C3=O. The molecule has 0 fully saturated rings. The van der Waals surface area contributed by atoms with Crippen LogP contribution in [-0.2, 0) is 0 Å². The van der Waals surface area contributed by atoms with Crippen molar-refractivity contribution < 1.29 is 36.3 Å². The van der Waals surface area contributed by atoms with Crippen LogP contribution in [0.5, 0.6) is 5.75 Å². The van der Waals surface area contributed by atoms with Gasteiger partial charge in [0, 0.05) is 18.3 Å². The Labute approximate surface area is 187 Å². The van der Waals surface area contributed by atoms with Crippen molar-refractivity contribution in [2.45, 2.75) is 13.3 Å². The van der Waals surface area contributed by atoms with E-state index >= 15 is 0 Å². The summed E-state index contributed by atoms with van der Waals surface area (Å²) in [6.45, 7) is 1.51. The summed E-state index contributed by atoms with van der Waals surface area (Å²) in [7, 11) is 0. The third-order valence-corrected chi connectivity index (χ3v) is 5.17. The van der Waals surface area contributed by atoms with Gasteiger partial charge in [0.2, 0.25) is 0 Å². The maximum atomic E-state index is 14.4. The van der Waals surface area contributed by atoms with Gasteiger partial charge >= 0.3 is 6.36 Å². The minimum Gasteiger partial charge on any atom is -0.406 e. The smallest absolute Gasteiger partial charge is 0.406 e. The summed E-state index contributed by atoms with van der Waals surface area (Å²) in [4.78, 5) is 31.1. The number of fused-ring (bicyclic) bond motifs is 3. The number of ether oxygens (including phenoxy) is 1. The zero-order valence-electron chi connectivity index (χ0n) is 17.0. The van der Waals surface area contributed by atoms with E-state index in [4.69, 9.17) is 0 Å². The lowest BCUT2D eigenvalue weighted by Crippen LogP contribution is -2.29. The zero-order valence-corrected chi connectivity index (χ0v) is 17.0. The Morgan fingerprint density at radius 3 is 2.47 bits per heavy atom. The number of hydrogen-bond acceptors (Lipinski definition) is 5. The van der Waals surface area contributed by atoms with Crippen molar-refractivity contribution in [3.8, 4) is 11.4 Å². The maximum absolute atomic E-state index is 14.4. The number of anilines is 1. The first-order chi connectivity index (χ1) is 16.0. The van der Waals surface area contributed by atoms with Gasteiger partial charge in [0.25, 0.3) is 11.8 Å². The third-order valence-electron chi connectivity index (χ3n) is 5.17. The van der Waals surface area contributed by atoms with Gasteiger partial charge in [0.15, 0.2) is 11.5 Å². The number of carbonyl (C=O) groups is 2. The molecule has 0 saturated heterocycles. The van der Waals surface area contributed by atoms with E-state index in [1.165, 1.54) is 19.1 Å². The molecule has 1 aliphatic rings. The van der Waals surface area contributed by atoms with Gasteiger partial charge in [0.1, 0.15) is 17.3 Å². The van der Waals surface area contributed by atoms with Crippen LogP contribution in [0.3, 0.4) is 0 Å². The maximum Gasteiger partial charge on any atom is 0.573 e. The van der Waals surface area contributed by atoms with Gasteiger partial charge in [0.05, 0.1) is 27.9 Å². The number of pyridine rings is 1. The van der Waals surface area contributed by atoms with E-state index in [9.17, 15) is 31.5 Å². The molecule has 0 aliphatic carbocycles. The van der Waals surface area contributed by atoms with Crippen LogP contribution in [-0.4, -0.2) is 32.9 Å². The summed E-state index contributed by atoms with van der Waals surface area (Å²) in [6.07, 6.45) is -3.86. The van der Waals surface area contributed by atoms with Gasteiger partial charge in [-0.15, -0.1) is 13.2 Å². The lowest BCUT2D eigenvalue weighted by molar-refractivity contribution is -0.274. The zero-order chi connectivity index (χ0) is 24.4. The molecule has 0 unspecified atom stereocenters. The van der Waals surface area contributed by atoms with E-state index < -0.39 is 35.6 Å². The quantitative estimate of drug-likeness (QED) is 0.318. The van der Waals surface area contributed by atoms with Crippen LogP contribution in [0, 0.1) is 18.6 Å². The van der Waals surface area contributed by atoms with E-state index in [2.05, 4.69) is 14.8 Å². The van der Waals surface area contributed by atoms with Gasteiger partial charge in [-0.3, -0.25) is 9.59 Å². The molecule has 0 atom stereocenters. The van der Waals surface area contributed by atoms with E-state index in [-0.39, 0.29) is 39.2 Å². The average molecular weight is 474 g/mol. The Morgan fingerprint density at radius 2 is 1.76 bits per heavy atom. The van der Waals surface area contributed by atoms with Gasteiger partial charge in [-0.1, -0.05) is 6.07 Å². The first kappa shape index (κ1) is 21.5. The standard InChI is InChI=1S/C22H11F5N4O3/c1-10-17-18-14(9-28-19(17)31(29-10)16-6-5-11(23)7-15(16)24)20(32)30(21(18)33)12-3-2-4-13(8-12)34-22(25,26)27/h2-9H,1H3. The molecule has 7 nitrogen and oxygen atoms in total. The van der Waals surface area contributed by atoms with Crippen LogP contribution in [0.25, 0.3) is 16.7 Å². The van der Waals surface area contributed by atoms with Gasteiger partial charge in [-0.05, 0) is 31.2 Å². The topological polar surface area (TPSA) is 77.3 Å². The number of benzene rings is 2. The van der Waals surface area contributed by atoms with E-state index in [1.54, 1.807) is 0 Å². The molecule has 3 heterocycles. The molecule has 1 aliphatic heterocycles. The highest BCUT2D eigenvalue weighted by atomic mass is 19.4. The number of aromatic nitrogens is 3. The monoisotopic (exact) mass is 474 g/mol. The second-order valence-corrected chi connectivity index (χ2v) is 7.33. The van der Waals surface area contributed by atoms with Crippen LogP contribution in [0.4, 0.5) is 27.6 Å². The van der Waals surface area contributed by atoms with Crippen LogP contribution in [0.2, 0.25) is 0 Å². The second-order valence-electron chi connectivity index (χ2n) is 7.33. The van der Waals surface area contributed by atoms with Crippen molar-refractivity contribution in [1.29, 1.82) is 0 Å². The molecule has 0 saturated carbocycles. The summed E-state index contributed by atoms with van der Waals surface area (Å²) in [6, 6.07) is 7.26. The van der Waals surface area contributed by atoms with Crippen LogP contribution in [0.15, 0.2) is 48.7 Å². The van der Waals surface area contributed by atoms with Crippen molar-refractivity contribution in [3.63, 3.8) is 0 Å². The Kier molecular flexibility index (Phi) is 4.64. The number of carbonyl (C=O) groups excluding carboxylic acids is 2. The number of aryl methyl sites for hydroxylation is 1.